The Morgan fingerprint density at radius 3 is 2.44 bits per heavy atom. The van der Waals surface area contributed by atoms with Crippen LogP contribution in [0.3, 0.4) is 0 Å². The molecule has 142 valence electrons. The molecule has 1 aliphatic rings. The Hall–Kier alpha value is -2.83. The fourth-order valence-corrected chi connectivity index (χ4v) is 3.76. The van der Waals surface area contributed by atoms with Crippen LogP contribution in [0.4, 0.5) is 11.6 Å². The fraction of sp³-hybridized carbons (Fsp3) is 0.450. The Bertz CT molecular complexity index is 1120. The number of anilines is 2. The molecule has 0 radical (unpaired) electrons. The lowest BCUT2D eigenvalue weighted by atomic mass is 10.1. The summed E-state index contributed by atoms with van der Waals surface area (Å²) in [5, 5.41) is 0. The zero-order valence-corrected chi connectivity index (χ0v) is 16.3. The molecule has 0 bridgehead atoms. The van der Waals surface area contributed by atoms with Crippen LogP contribution in [0, 0.1) is 5.92 Å². The number of hydrogen-bond acceptors (Lipinski definition) is 4. The van der Waals surface area contributed by atoms with Crippen molar-refractivity contribution >= 4 is 22.8 Å². The van der Waals surface area contributed by atoms with Crippen LogP contribution in [0.25, 0.3) is 11.2 Å². The third-order valence-corrected chi connectivity index (χ3v) is 5.20. The highest BCUT2D eigenvalue weighted by Crippen LogP contribution is 2.31. The summed E-state index contributed by atoms with van der Waals surface area (Å²) in [6, 6.07) is 8.41. The molecule has 0 saturated carbocycles. The van der Waals surface area contributed by atoms with Gasteiger partial charge in [-0.15, -0.1) is 0 Å². The van der Waals surface area contributed by atoms with Gasteiger partial charge in [0.25, 0.3) is 5.56 Å². The molecular formula is C20H25N5O2. The lowest BCUT2D eigenvalue weighted by Crippen LogP contribution is -2.40. The first-order valence-electron chi connectivity index (χ1n) is 9.49. The highest BCUT2D eigenvalue weighted by Gasteiger charge is 2.28. The van der Waals surface area contributed by atoms with Gasteiger partial charge in [-0.3, -0.25) is 13.9 Å². The van der Waals surface area contributed by atoms with Gasteiger partial charge in [-0.25, -0.2) is 4.79 Å². The van der Waals surface area contributed by atoms with Crippen LogP contribution in [0.2, 0.25) is 0 Å². The number of rotatable bonds is 4. The third kappa shape index (κ3) is 2.69. The summed E-state index contributed by atoms with van der Waals surface area (Å²) in [5.41, 5.74) is 2.75. The molecule has 0 fully saturated rings. The van der Waals surface area contributed by atoms with Crippen molar-refractivity contribution in [2.75, 3.05) is 11.4 Å². The van der Waals surface area contributed by atoms with Gasteiger partial charge in [-0.05, 0) is 30.0 Å². The number of aryl methyl sites for hydroxylation is 2. The third-order valence-electron chi connectivity index (χ3n) is 5.20. The molecule has 0 aliphatic carbocycles. The monoisotopic (exact) mass is 367 g/mol. The van der Waals surface area contributed by atoms with Crippen LogP contribution in [-0.2, 0) is 26.6 Å². The molecule has 0 saturated heterocycles. The summed E-state index contributed by atoms with van der Waals surface area (Å²) in [7, 11) is 1.68. The van der Waals surface area contributed by atoms with Crippen molar-refractivity contribution in [3.05, 3.63) is 50.7 Å². The minimum atomic E-state index is -0.308. The molecule has 3 aromatic rings. The van der Waals surface area contributed by atoms with Gasteiger partial charge in [0.05, 0.1) is 0 Å². The van der Waals surface area contributed by atoms with E-state index in [0.29, 0.717) is 24.3 Å². The SMILES string of the molecule is CCc1ccc(N2CCn3c2nc2c3c(=O)n(CC(C)C)c(=O)n2C)cc1. The van der Waals surface area contributed by atoms with Crippen LogP contribution in [0.15, 0.2) is 33.9 Å². The lowest BCUT2D eigenvalue weighted by molar-refractivity contribution is 0.484. The number of aromatic nitrogens is 4. The maximum absolute atomic E-state index is 13.1. The van der Waals surface area contributed by atoms with E-state index in [-0.39, 0.29) is 17.2 Å². The molecule has 0 N–H and O–H groups in total. The first-order chi connectivity index (χ1) is 12.9. The highest BCUT2D eigenvalue weighted by atomic mass is 16.2. The average Bonchev–Trinajstić information content (AvgIpc) is 3.22. The van der Waals surface area contributed by atoms with E-state index in [1.54, 1.807) is 7.05 Å². The summed E-state index contributed by atoms with van der Waals surface area (Å²) >= 11 is 0. The van der Waals surface area contributed by atoms with Gasteiger partial charge in [0, 0.05) is 32.4 Å². The second-order valence-corrected chi connectivity index (χ2v) is 7.56. The Balaban J connectivity index is 1.89. The molecule has 0 atom stereocenters. The van der Waals surface area contributed by atoms with E-state index in [9.17, 15) is 9.59 Å². The fourth-order valence-electron chi connectivity index (χ4n) is 3.76. The van der Waals surface area contributed by atoms with E-state index in [2.05, 4.69) is 41.1 Å². The van der Waals surface area contributed by atoms with Gasteiger partial charge >= 0.3 is 5.69 Å². The molecule has 7 nitrogen and oxygen atoms in total. The number of fused-ring (bicyclic) bond motifs is 3. The van der Waals surface area contributed by atoms with Crippen molar-refractivity contribution in [1.29, 1.82) is 0 Å². The first-order valence-corrected chi connectivity index (χ1v) is 9.49. The van der Waals surface area contributed by atoms with E-state index >= 15 is 0 Å². The van der Waals surface area contributed by atoms with E-state index in [4.69, 9.17) is 0 Å². The number of hydrogen-bond donors (Lipinski definition) is 0. The smallest absolute Gasteiger partial charge is 0.310 e. The van der Waals surface area contributed by atoms with Gasteiger partial charge in [0.15, 0.2) is 11.2 Å². The van der Waals surface area contributed by atoms with Gasteiger partial charge in [-0.1, -0.05) is 32.9 Å². The molecule has 3 heterocycles. The molecule has 0 unspecified atom stereocenters. The topological polar surface area (TPSA) is 65.1 Å². The van der Waals surface area contributed by atoms with Crippen molar-refractivity contribution < 1.29 is 0 Å². The number of imidazole rings is 1. The molecule has 1 aromatic carbocycles. The van der Waals surface area contributed by atoms with Crippen molar-refractivity contribution in [3.63, 3.8) is 0 Å². The van der Waals surface area contributed by atoms with Crippen molar-refractivity contribution in [1.82, 2.24) is 18.7 Å². The second-order valence-electron chi connectivity index (χ2n) is 7.56. The van der Waals surface area contributed by atoms with E-state index in [1.807, 2.05) is 18.4 Å². The molecular weight excluding hydrogens is 342 g/mol. The summed E-state index contributed by atoms with van der Waals surface area (Å²) in [5.74, 6) is 0.936. The van der Waals surface area contributed by atoms with Crippen LogP contribution >= 0.6 is 0 Å². The Morgan fingerprint density at radius 1 is 1.11 bits per heavy atom. The molecule has 27 heavy (non-hydrogen) atoms. The molecule has 0 amide bonds. The van der Waals surface area contributed by atoms with Crippen LogP contribution in [-0.4, -0.2) is 25.2 Å². The first kappa shape index (κ1) is 17.6. The Kier molecular flexibility index (Phi) is 4.17. The number of benzene rings is 1. The zero-order chi connectivity index (χ0) is 19.3. The van der Waals surface area contributed by atoms with Crippen molar-refractivity contribution in [2.24, 2.45) is 13.0 Å². The van der Waals surface area contributed by atoms with Crippen LogP contribution < -0.4 is 16.1 Å². The predicted octanol–water partition coefficient (Wildman–Crippen LogP) is 2.27. The van der Waals surface area contributed by atoms with E-state index in [1.165, 1.54) is 14.7 Å². The van der Waals surface area contributed by atoms with Crippen molar-refractivity contribution in [2.45, 2.75) is 40.3 Å². The minimum Gasteiger partial charge on any atom is -0.310 e. The maximum atomic E-state index is 13.1. The summed E-state index contributed by atoms with van der Waals surface area (Å²) in [4.78, 5) is 32.5. The van der Waals surface area contributed by atoms with Crippen LogP contribution in [0.5, 0.6) is 0 Å². The average molecular weight is 367 g/mol. The molecule has 0 spiro atoms. The van der Waals surface area contributed by atoms with Gasteiger partial charge in [-0.2, -0.15) is 4.98 Å². The number of nitrogens with zero attached hydrogens (tertiary/aromatic N) is 5. The zero-order valence-electron chi connectivity index (χ0n) is 16.3. The summed E-state index contributed by atoms with van der Waals surface area (Å²) < 4.78 is 4.77. The molecule has 2 aromatic heterocycles. The van der Waals surface area contributed by atoms with Gasteiger partial charge < -0.3 is 9.47 Å². The molecule has 7 heteroatoms. The maximum Gasteiger partial charge on any atom is 0.332 e. The lowest BCUT2D eigenvalue weighted by Gasteiger charge is -2.16. The van der Waals surface area contributed by atoms with Gasteiger partial charge in [0.2, 0.25) is 5.95 Å². The van der Waals surface area contributed by atoms with Crippen molar-refractivity contribution in [3.8, 4) is 0 Å². The van der Waals surface area contributed by atoms with E-state index in [0.717, 1.165) is 24.6 Å². The van der Waals surface area contributed by atoms with Gasteiger partial charge in [0.1, 0.15) is 0 Å². The summed E-state index contributed by atoms with van der Waals surface area (Å²) in [6.07, 6.45) is 0.996. The largest absolute Gasteiger partial charge is 0.332 e. The Labute approximate surface area is 157 Å². The molecule has 1 aliphatic heterocycles. The summed E-state index contributed by atoms with van der Waals surface area (Å²) in [6.45, 7) is 7.97. The quantitative estimate of drug-likeness (QED) is 0.710. The van der Waals surface area contributed by atoms with E-state index < -0.39 is 0 Å². The Morgan fingerprint density at radius 2 is 1.81 bits per heavy atom. The normalized spacial score (nSPS) is 13.7. The predicted molar refractivity (Wildman–Crippen MR) is 107 cm³/mol. The molecule has 4 rings (SSSR count). The van der Waals surface area contributed by atoms with Crippen LogP contribution in [0.1, 0.15) is 26.3 Å². The highest BCUT2D eigenvalue weighted by molar-refractivity contribution is 5.77. The standard InChI is InChI=1S/C20H25N5O2/c1-5-14-6-8-15(9-7-14)23-10-11-24-16-17(21-19(23)24)22(4)20(27)25(18(16)26)12-13(2)3/h6-9,13H,5,10-12H2,1-4H3. The minimum absolute atomic E-state index is 0.211. The second kappa shape index (κ2) is 6.40.